The van der Waals surface area contributed by atoms with Crippen molar-refractivity contribution in [2.24, 2.45) is 5.92 Å². The van der Waals surface area contributed by atoms with Crippen LogP contribution in [0.3, 0.4) is 0 Å². The van der Waals surface area contributed by atoms with E-state index in [9.17, 15) is 0 Å². The molecule has 116 valence electrons. The summed E-state index contributed by atoms with van der Waals surface area (Å²) in [6, 6.07) is 11.5. The van der Waals surface area contributed by atoms with Gasteiger partial charge in [0.25, 0.3) is 0 Å². The SMILES string of the molecule is CC(c1ccccc1)N1CCCC(CN2CCNCC2)C1. The lowest BCUT2D eigenvalue weighted by Crippen LogP contribution is -2.48. The summed E-state index contributed by atoms with van der Waals surface area (Å²) in [4.78, 5) is 5.34. The van der Waals surface area contributed by atoms with E-state index in [1.807, 2.05) is 0 Å². The number of piperidine rings is 1. The van der Waals surface area contributed by atoms with Gasteiger partial charge in [-0.3, -0.25) is 4.90 Å². The van der Waals surface area contributed by atoms with Crippen LogP contribution in [0.4, 0.5) is 0 Å². The second-order valence-electron chi connectivity index (χ2n) is 6.64. The molecule has 0 bridgehead atoms. The number of piperazine rings is 1. The van der Waals surface area contributed by atoms with Crippen molar-refractivity contribution >= 4 is 0 Å². The minimum Gasteiger partial charge on any atom is -0.314 e. The summed E-state index contributed by atoms with van der Waals surface area (Å²) in [5.41, 5.74) is 1.46. The molecule has 2 aliphatic heterocycles. The first kappa shape index (κ1) is 15.0. The molecule has 0 radical (unpaired) electrons. The minimum atomic E-state index is 0.553. The van der Waals surface area contributed by atoms with Crippen molar-refractivity contribution in [2.75, 3.05) is 45.8 Å². The molecule has 1 aromatic carbocycles. The second kappa shape index (κ2) is 7.39. The van der Waals surface area contributed by atoms with Gasteiger partial charge in [0.1, 0.15) is 0 Å². The highest BCUT2D eigenvalue weighted by Crippen LogP contribution is 2.26. The molecule has 3 nitrogen and oxygen atoms in total. The summed E-state index contributed by atoms with van der Waals surface area (Å²) in [6.45, 7) is 11.0. The van der Waals surface area contributed by atoms with Gasteiger partial charge in [0, 0.05) is 45.3 Å². The molecule has 2 atom stereocenters. The Morgan fingerprint density at radius 2 is 1.90 bits per heavy atom. The van der Waals surface area contributed by atoms with E-state index in [1.165, 1.54) is 51.1 Å². The molecule has 0 spiro atoms. The summed E-state index contributed by atoms with van der Waals surface area (Å²) in [6.07, 6.45) is 2.76. The van der Waals surface area contributed by atoms with Crippen molar-refractivity contribution in [3.05, 3.63) is 35.9 Å². The lowest BCUT2D eigenvalue weighted by atomic mass is 9.94. The van der Waals surface area contributed by atoms with Gasteiger partial charge >= 0.3 is 0 Å². The van der Waals surface area contributed by atoms with Gasteiger partial charge in [-0.1, -0.05) is 30.3 Å². The molecule has 2 unspecified atom stereocenters. The van der Waals surface area contributed by atoms with Crippen LogP contribution in [0.25, 0.3) is 0 Å². The molecule has 0 aromatic heterocycles. The zero-order valence-corrected chi connectivity index (χ0v) is 13.3. The quantitative estimate of drug-likeness (QED) is 0.917. The van der Waals surface area contributed by atoms with Crippen LogP contribution in [0.5, 0.6) is 0 Å². The zero-order chi connectivity index (χ0) is 14.5. The van der Waals surface area contributed by atoms with E-state index in [0.717, 1.165) is 19.0 Å². The minimum absolute atomic E-state index is 0.553. The van der Waals surface area contributed by atoms with E-state index < -0.39 is 0 Å². The topological polar surface area (TPSA) is 18.5 Å². The van der Waals surface area contributed by atoms with Crippen molar-refractivity contribution < 1.29 is 0 Å². The highest BCUT2D eigenvalue weighted by atomic mass is 15.2. The Morgan fingerprint density at radius 1 is 1.14 bits per heavy atom. The first-order chi connectivity index (χ1) is 10.3. The number of hydrogen-bond acceptors (Lipinski definition) is 3. The average molecular weight is 287 g/mol. The number of hydrogen-bond donors (Lipinski definition) is 1. The number of rotatable bonds is 4. The highest BCUT2D eigenvalue weighted by Gasteiger charge is 2.26. The maximum Gasteiger partial charge on any atom is 0.0320 e. The molecule has 2 heterocycles. The molecule has 21 heavy (non-hydrogen) atoms. The molecule has 3 heteroatoms. The van der Waals surface area contributed by atoms with Gasteiger partial charge in [0.2, 0.25) is 0 Å². The van der Waals surface area contributed by atoms with Crippen molar-refractivity contribution in [3.63, 3.8) is 0 Å². The van der Waals surface area contributed by atoms with Crippen LogP contribution in [-0.2, 0) is 0 Å². The maximum absolute atomic E-state index is 3.45. The first-order valence-electron chi connectivity index (χ1n) is 8.55. The first-order valence-corrected chi connectivity index (χ1v) is 8.55. The molecular formula is C18H29N3. The summed E-state index contributed by atoms with van der Waals surface area (Å²) < 4.78 is 0. The Bertz CT molecular complexity index is 414. The fourth-order valence-corrected chi connectivity index (χ4v) is 3.80. The normalized spacial score (nSPS) is 26.6. The lowest BCUT2D eigenvalue weighted by molar-refractivity contribution is 0.0996. The third kappa shape index (κ3) is 4.06. The summed E-state index contributed by atoms with van der Waals surface area (Å²) in [5, 5.41) is 3.45. The van der Waals surface area contributed by atoms with Gasteiger partial charge in [-0.15, -0.1) is 0 Å². The van der Waals surface area contributed by atoms with Crippen LogP contribution >= 0.6 is 0 Å². The largest absolute Gasteiger partial charge is 0.314 e. The van der Waals surface area contributed by atoms with Gasteiger partial charge < -0.3 is 10.2 Å². The summed E-state index contributed by atoms with van der Waals surface area (Å²) in [7, 11) is 0. The van der Waals surface area contributed by atoms with E-state index in [-0.39, 0.29) is 0 Å². The predicted molar refractivity (Wildman–Crippen MR) is 88.5 cm³/mol. The molecule has 1 N–H and O–H groups in total. The van der Waals surface area contributed by atoms with E-state index in [0.29, 0.717) is 6.04 Å². The van der Waals surface area contributed by atoms with Crippen LogP contribution < -0.4 is 5.32 Å². The zero-order valence-electron chi connectivity index (χ0n) is 13.3. The Balaban J connectivity index is 1.55. The van der Waals surface area contributed by atoms with E-state index in [4.69, 9.17) is 0 Å². The second-order valence-corrected chi connectivity index (χ2v) is 6.64. The molecule has 1 aromatic rings. The summed E-state index contributed by atoms with van der Waals surface area (Å²) >= 11 is 0. The molecule has 0 amide bonds. The van der Waals surface area contributed by atoms with Crippen LogP contribution in [0.2, 0.25) is 0 Å². The number of likely N-dealkylation sites (tertiary alicyclic amines) is 1. The van der Waals surface area contributed by atoms with Gasteiger partial charge in [-0.2, -0.15) is 0 Å². The predicted octanol–water partition coefficient (Wildman–Crippen LogP) is 2.36. The third-order valence-corrected chi connectivity index (χ3v) is 5.11. The van der Waals surface area contributed by atoms with Crippen molar-refractivity contribution in [3.8, 4) is 0 Å². The monoisotopic (exact) mass is 287 g/mol. The van der Waals surface area contributed by atoms with Crippen LogP contribution in [0, 0.1) is 5.92 Å². The molecular weight excluding hydrogens is 258 g/mol. The number of nitrogens with zero attached hydrogens (tertiary/aromatic N) is 2. The lowest BCUT2D eigenvalue weighted by Gasteiger charge is -2.39. The summed E-state index contributed by atoms with van der Waals surface area (Å²) in [5.74, 6) is 0.850. The van der Waals surface area contributed by atoms with Crippen molar-refractivity contribution in [2.45, 2.75) is 25.8 Å². The van der Waals surface area contributed by atoms with Crippen LogP contribution in [0.1, 0.15) is 31.4 Å². The highest BCUT2D eigenvalue weighted by molar-refractivity contribution is 5.18. The Kier molecular flexibility index (Phi) is 5.28. The number of nitrogens with one attached hydrogen (secondary N) is 1. The molecule has 0 saturated carbocycles. The molecule has 3 rings (SSSR count). The molecule has 2 fully saturated rings. The average Bonchev–Trinajstić information content (AvgIpc) is 2.56. The van der Waals surface area contributed by atoms with Gasteiger partial charge in [0.15, 0.2) is 0 Å². The fraction of sp³-hybridized carbons (Fsp3) is 0.667. The van der Waals surface area contributed by atoms with E-state index in [2.05, 4.69) is 52.4 Å². The molecule has 2 saturated heterocycles. The Labute approximate surface area is 129 Å². The van der Waals surface area contributed by atoms with E-state index >= 15 is 0 Å². The Morgan fingerprint density at radius 3 is 2.67 bits per heavy atom. The van der Waals surface area contributed by atoms with E-state index in [1.54, 1.807) is 0 Å². The standard InChI is InChI=1S/C18H29N3/c1-16(18-7-3-2-4-8-18)21-11-5-6-17(15-21)14-20-12-9-19-10-13-20/h2-4,7-8,16-17,19H,5-6,9-15H2,1H3. The van der Waals surface area contributed by atoms with Gasteiger partial charge in [-0.05, 0) is 37.8 Å². The number of benzene rings is 1. The molecule has 2 aliphatic rings. The van der Waals surface area contributed by atoms with Crippen molar-refractivity contribution in [1.29, 1.82) is 0 Å². The smallest absolute Gasteiger partial charge is 0.0320 e. The maximum atomic E-state index is 3.45. The molecule has 0 aliphatic carbocycles. The fourth-order valence-electron chi connectivity index (χ4n) is 3.80. The van der Waals surface area contributed by atoms with Crippen LogP contribution in [0.15, 0.2) is 30.3 Å². The van der Waals surface area contributed by atoms with Gasteiger partial charge in [0.05, 0.1) is 0 Å². The van der Waals surface area contributed by atoms with Crippen LogP contribution in [-0.4, -0.2) is 55.6 Å². The Hall–Kier alpha value is -0.900. The van der Waals surface area contributed by atoms with Crippen molar-refractivity contribution in [1.82, 2.24) is 15.1 Å². The third-order valence-electron chi connectivity index (χ3n) is 5.11. The van der Waals surface area contributed by atoms with Gasteiger partial charge in [-0.25, -0.2) is 0 Å².